The van der Waals surface area contributed by atoms with E-state index >= 15 is 0 Å². The molecule has 0 aliphatic heterocycles. The average molecular weight is 186 g/mol. The zero-order valence-corrected chi connectivity index (χ0v) is 9.74. The molecule has 0 aliphatic rings. The van der Waals surface area contributed by atoms with Crippen molar-refractivity contribution in [1.82, 2.24) is 10.9 Å². The Bertz CT molecular complexity index is 105. The third-order valence-electron chi connectivity index (χ3n) is 2.03. The molecule has 0 amide bonds. The molecule has 0 aromatic heterocycles. The molecule has 0 radical (unpaired) electrons. The third-order valence-corrected chi connectivity index (χ3v) is 2.03. The molecule has 2 nitrogen and oxygen atoms in total. The Kier molecular flexibility index (Phi) is 7.29. The molecule has 0 unspecified atom stereocenters. The Morgan fingerprint density at radius 3 is 2.15 bits per heavy atom. The molecule has 0 bridgehead atoms. The van der Waals surface area contributed by atoms with Crippen LogP contribution in [0.5, 0.6) is 0 Å². The van der Waals surface area contributed by atoms with E-state index in [0.29, 0.717) is 5.41 Å². The van der Waals surface area contributed by atoms with E-state index in [2.05, 4.69) is 38.5 Å². The quantitative estimate of drug-likeness (QED) is 0.472. The van der Waals surface area contributed by atoms with Gasteiger partial charge in [-0.15, -0.1) is 0 Å². The average Bonchev–Trinajstić information content (AvgIpc) is 2.01. The second-order valence-corrected chi connectivity index (χ2v) is 4.83. The van der Waals surface area contributed by atoms with E-state index in [1.807, 2.05) is 0 Å². The van der Waals surface area contributed by atoms with Crippen molar-refractivity contribution in [2.24, 2.45) is 5.41 Å². The summed E-state index contributed by atoms with van der Waals surface area (Å²) in [4.78, 5) is 0. The Labute approximate surface area is 83.5 Å². The van der Waals surface area contributed by atoms with E-state index in [-0.39, 0.29) is 0 Å². The fourth-order valence-corrected chi connectivity index (χ4v) is 1.26. The van der Waals surface area contributed by atoms with Gasteiger partial charge in [-0.05, 0) is 18.3 Å². The van der Waals surface area contributed by atoms with Crippen molar-refractivity contribution in [3.8, 4) is 0 Å². The van der Waals surface area contributed by atoms with Crippen molar-refractivity contribution < 1.29 is 0 Å². The van der Waals surface area contributed by atoms with Crippen LogP contribution in [0.3, 0.4) is 0 Å². The highest BCUT2D eigenvalue weighted by Gasteiger charge is 2.08. The van der Waals surface area contributed by atoms with Gasteiger partial charge >= 0.3 is 0 Å². The van der Waals surface area contributed by atoms with E-state index in [4.69, 9.17) is 0 Å². The second-order valence-electron chi connectivity index (χ2n) is 4.83. The maximum Gasteiger partial charge on any atom is 0.00997 e. The van der Waals surface area contributed by atoms with Gasteiger partial charge in [0, 0.05) is 13.1 Å². The second kappa shape index (κ2) is 7.34. The van der Waals surface area contributed by atoms with E-state index in [1.54, 1.807) is 0 Å². The van der Waals surface area contributed by atoms with Crippen molar-refractivity contribution in [2.45, 2.75) is 53.4 Å². The van der Waals surface area contributed by atoms with Crippen molar-refractivity contribution in [3.63, 3.8) is 0 Å². The summed E-state index contributed by atoms with van der Waals surface area (Å²) in [5, 5.41) is 0. The summed E-state index contributed by atoms with van der Waals surface area (Å²) in [6.07, 6.45) is 5.32. The fourth-order valence-electron chi connectivity index (χ4n) is 1.26. The predicted octanol–water partition coefficient (Wildman–Crippen LogP) is 2.71. The number of nitrogens with one attached hydrogen (secondary N) is 2. The van der Waals surface area contributed by atoms with Crippen molar-refractivity contribution in [1.29, 1.82) is 0 Å². The minimum Gasteiger partial charge on any atom is -0.258 e. The van der Waals surface area contributed by atoms with E-state index in [0.717, 1.165) is 13.1 Å². The molecule has 0 aromatic carbocycles. The van der Waals surface area contributed by atoms with Crippen LogP contribution in [-0.2, 0) is 0 Å². The van der Waals surface area contributed by atoms with Crippen molar-refractivity contribution in [3.05, 3.63) is 0 Å². The van der Waals surface area contributed by atoms with Gasteiger partial charge in [0.15, 0.2) is 0 Å². The predicted molar refractivity (Wildman–Crippen MR) is 59.6 cm³/mol. The van der Waals surface area contributed by atoms with Gasteiger partial charge in [0.1, 0.15) is 0 Å². The van der Waals surface area contributed by atoms with Crippen LogP contribution in [0.1, 0.15) is 53.4 Å². The van der Waals surface area contributed by atoms with Gasteiger partial charge in [-0.3, -0.25) is 10.9 Å². The summed E-state index contributed by atoms with van der Waals surface area (Å²) in [6.45, 7) is 11.1. The van der Waals surface area contributed by atoms with Crippen LogP contribution in [0.4, 0.5) is 0 Å². The Morgan fingerprint density at radius 2 is 1.62 bits per heavy atom. The summed E-state index contributed by atoms with van der Waals surface area (Å²) in [5.74, 6) is 0. The molecule has 0 aromatic rings. The maximum absolute atomic E-state index is 3.18. The lowest BCUT2D eigenvalue weighted by molar-refractivity contribution is 0.356. The highest BCUT2D eigenvalue weighted by molar-refractivity contribution is 4.61. The first kappa shape index (κ1) is 12.9. The summed E-state index contributed by atoms with van der Waals surface area (Å²) in [5.41, 5.74) is 6.80. The first-order chi connectivity index (χ1) is 6.06. The zero-order chi connectivity index (χ0) is 10.2. The minimum atomic E-state index is 0.509. The molecule has 0 saturated carbocycles. The van der Waals surface area contributed by atoms with Crippen LogP contribution < -0.4 is 10.9 Å². The van der Waals surface area contributed by atoms with Gasteiger partial charge in [0.2, 0.25) is 0 Å². The summed E-state index contributed by atoms with van der Waals surface area (Å²) in [7, 11) is 0. The topological polar surface area (TPSA) is 24.1 Å². The molecule has 2 heteroatoms. The van der Waals surface area contributed by atoms with Crippen LogP contribution >= 0.6 is 0 Å². The first-order valence-corrected chi connectivity index (χ1v) is 5.52. The highest BCUT2D eigenvalue weighted by atomic mass is 15.3. The number of rotatable bonds is 7. The lowest BCUT2D eigenvalue weighted by Crippen LogP contribution is -2.32. The van der Waals surface area contributed by atoms with Gasteiger partial charge in [-0.2, -0.15) is 0 Å². The number of unbranched alkanes of at least 4 members (excludes halogenated alkanes) is 2. The molecular formula is C11H26N2. The fraction of sp³-hybridized carbons (Fsp3) is 1.00. The van der Waals surface area contributed by atoms with Gasteiger partial charge in [0.05, 0.1) is 0 Å². The maximum atomic E-state index is 3.18. The Balaban J connectivity index is 3.00. The number of hydrogen-bond acceptors (Lipinski definition) is 2. The summed E-state index contributed by atoms with van der Waals surface area (Å²) < 4.78 is 0. The monoisotopic (exact) mass is 186 g/mol. The Hall–Kier alpha value is -0.0800. The standard InChI is InChI=1S/C11H26N2/c1-5-12-13-10-8-6-7-9-11(2,3)4/h12-13H,5-10H2,1-4H3. The molecular weight excluding hydrogens is 160 g/mol. The van der Waals surface area contributed by atoms with Crippen LogP contribution in [0.2, 0.25) is 0 Å². The molecule has 0 fully saturated rings. The third kappa shape index (κ3) is 11.9. The van der Waals surface area contributed by atoms with E-state index in [9.17, 15) is 0 Å². The SMILES string of the molecule is CCNNCCCCCC(C)(C)C. The first-order valence-electron chi connectivity index (χ1n) is 5.52. The van der Waals surface area contributed by atoms with Gasteiger partial charge in [-0.25, -0.2) is 0 Å². The normalized spacial score (nSPS) is 12.0. The summed E-state index contributed by atoms with van der Waals surface area (Å²) in [6, 6.07) is 0. The van der Waals surface area contributed by atoms with Gasteiger partial charge < -0.3 is 0 Å². The molecule has 0 heterocycles. The lowest BCUT2D eigenvalue weighted by Gasteiger charge is -2.17. The number of hydrazine groups is 1. The smallest absolute Gasteiger partial charge is 0.00997 e. The lowest BCUT2D eigenvalue weighted by atomic mass is 9.89. The Morgan fingerprint density at radius 1 is 0.923 bits per heavy atom. The number of hydrogen-bond donors (Lipinski definition) is 2. The minimum absolute atomic E-state index is 0.509. The van der Waals surface area contributed by atoms with Crippen LogP contribution in [0, 0.1) is 5.41 Å². The summed E-state index contributed by atoms with van der Waals surface area (Å²) >= 11 is 0. The zero-order valence-electron chi connectivity index (χ0n) is 9.74. The van der Waals surface area contributed by atoms with Gasteiger partial charge in [0.25, 0.3) is 0 Å². The van der Waals surface area contributed by atoms with E-state index in [1.165, 1.54) is 25.7 Å². The highest BCUT2D eigenvalue weighted by Crippen LogP contribution is 2.21. The van der Waals surface area contributed by atoms with Crippen LogP contribution in [-0.4, -0.2) is 13.1 Å². The van der Waals surface area contributed by atoms with Crippen LogP contribution in [0.25, 0.3) is 0 Å². The molecule has 13 heavy (non-hydrogen) atoms. The molecule has 80 valence electrons. The molecule has 2 N–H and O–H groups in total. The van der Waals surface area contributed by atoms with Gasteiger partial charge in [-0.1, -0.05) is 40.5 Å². The van der Waals surface area contributed by atoms with Crippen molar-refractivity contribution in [2.75, 3.05) is 13.1 Å². The molecule has 0 saturated heterocycles. The van der Waals surface area contributed by atoms with Crippen LogP contribution in [0.15, 0.2) is 0 Å². The molecule has 0 rings (SSSR count). The largest absolute Gasteiger partial charge is 0.258 e. The van der Waals surface area contributed by atoms with E-state index < -0.39 is 0 Å². The molecule has 0 spiro atoms. The van der Waals surface area contributed by atoms with Crippen molar-refractivity contribution >= 4 is 0 Å². The molecule has 0 atom stereocenters. The molecule has 0 aliphatic carbocycles.